The number of rotatable bonds is 1. The van der Waals surface area contributed by atoms with Crippen LogP contribution in [-0.4, -0.2) is 15.0 Å². The Morgan fingerprint density at radius 2 is 2.14 bits per heavy atom. The summed E-state index contributed by atoms with van der Waals surface area (Å²) in [4.78, 5) is 12.3. The van der Waals surface area contributed by atoms with Crippen molar-refractivity contribution in [3.05, 3.63) is 41.6 Å². The van der Waals surface area contributed by atoms with Crippen LogP contribution in [-0.2, 0) is 0 Å². The molecule has 2 rings (SSSR count). The Bertz CT molecular complexity index is 442. The zero-order chi connectivity index (χ0) is 9.97. The molecule has 0 N–H and O–H groups in total. The van der Waals surface area contributed by atoms with Crippen molar-refractivity contribution in [2.75, 3.05) is 0 Å². The zero-order valence-electron chi connectivity index (χ0n) is 7.61. The predicted octanol–water partition coefficient (Wildman–Crippen LogP) is 2.50. The second kappa shape index (κ2) is 3.72. The topological polar surface area (TPSA) is 38.7 Å². The molecule has 0 bridgehead atoms. The Morgan fingerprint density at radius 3 is 2.86 bits per heavy atom. The highest BCUT2D eigenvalue weighted by Crippen LogP contribution is 2.23. The average molecular weight is 206 g/mol. The Balaban J connectivity index is 2.57. The maximum absolute atomic E-state index is 5.98. The van der Waals surface area contributed by atoms with Gasteiger partial charge in [-0.25, -0.2) is 9.97 Å². The third kappa shape index (κ3) is 1.72. The van der Waals surface area contributed by atoms with E-state index in [2.05, 4.69) is 15.0 Å². The first kappa shape index (κ1) is 9.09. The highest BCUT2D eigenvalue weighted by molar-refractivity contribution is 6.32. The van der Waals surface area contributed by atoms with Gasteiger partial charge in [-0.15, -0.1) is 0 Å². The molecule has 2 heterocycles. The molecule has 14 heavy (non-hydrogen) atoms. The first-order chi connectivity index (χ1) is 6.77. The van der Waals surface area contributed by atoms with Gasteiger partial charge in [-0.2, -0.15) is 0 Å². The van der Waals surface area contributed by atoms with Crippen molar-refractivity contribution in [2.24, 2.45) is 0 Å². The van der Waals surface area contributed by atoms with E-state index in [1.165, 1.54) is 0 Å². The molecule has 0 aliphatic carbocycles. The predicted molar refractivity (Wildman–Crippen MR) is 55.0 cm³/mol. The quantitative estimate of drug-likeness (QED) is 0.718. The van der Waals surface area contributed by atoms with Crippen molar-refractivity contribution in [1.82, 2.24) is 15.0 Å². The second-order valence-corrected chi connectivity index (χ2v) is 3.26. The highest BCUT2D eigenvalue weighted by atomic mass is 35.5. The molecule has 70 valence electrons. The molecule has 0 saturated heterocycles. The van der Waals surface area contributed by atoms with Crippen LogP contribution in [0, 0.1) is 6.92 Å². The number of nitrogens with zero attached hydrogens (tertiary/aromatic N) is 3. The van der Waals surface area contributed by atoms with Crippen LogP contribution in [0.3, 0.4) is 0 Å². The summed E-state index contributed by atoms with van der Waals surface area (Å²) in [6.07, 6.45) is 5.05. The van der Waals surface area contributed by atoms with Crippen LogP contribution in [0.5, 0.6) is 0 Å². The fourth-order valence-electron chi connectivity index (χ4n) is 1.16. The molecule has 0 spiro atoms. The van der Waals surface area contributed by atoms with Gasteiger partial charge in [0.25, 0.3) is 0 Å². The first-order valence-electron chi connectivity index (χ1n) is 4.17. The summed E-state index contributed by atoms with van der Waals surface area (Å²) in [6.45, 7) is 1.83. The van der Waals surface area contributed by atoms with E-state index in [1.54, 1.807) is 18.6 Å². The van der Waals surface area contributed by atoms with Gasteiger partial charge in [0.15, 0.2) is 0 Å². The second-order valence-electron chi connectivity index (χ2n) is 2.86. The van der Waals surface area contributed by atoms with Crippen molar-refractivity contribution in [1.29, 1.82) is 0 Å². The maximum Gasteiger partial charge on any atom is 0.125 e. The number of hydrogen-bond acceptors (Lipinski definition) is 3. The highest BCUT2D eigenvalue weighted by Gasteiger charge is 2.05. The zero-order valence-corrected chi connectivity index (χ0v) is 8.36. The lowest BCUT2D eigenvalue weighted by Gasteiger charge is -2.02. The molecule has 2 aromatic rings. The summed E-state index contributed by atoms with van der Waals surface area (Å²) in [5.41, 5.74) is 1.63. The van der Waals surface area contributed by atoms with Crippen molar-refractivity contribution < 1.29 is 0 Å². The molecule has 0 atom stereocenters. The summed E-state index contributed by atoms with van der Waals surface area (Å²) in [7, 11) is 0. The van der Waals surface area contributed by atoms with Crippen molar-refractivity contribution >= 4 is 11.6 Å². The van der Waals surface area contributed by atoms with E-state index in [9.17, 15) is 0 Å². The lowest BCUT2D eigenvalue weighted by Crippen LogP contribution is -1.91. The van der Waals surface area contributed by atoms with Crippen LogP contribution in [0.25, 0.3) is 11.3 Å². The summed E-state index contributed by atoms with van der Waals surface area (Å²) in [6, 6.07) is 3.77. The summed E-state index contributed by atoms with van der Waals surface area (Å²) < 4.78 is 0. The van der Waals surface area contributed by atoms with Crippen LogP contribution in [0.2, 0.25) is 5.02 Å². The summed E-state index contributed by atoms with van der Waals surface area (Å²) >= 11 is 5.98. The fourth-order valence-corrected chi connectivity index (χ4v) is 1.36. The molecule has 0 unspecified atom stereocenters. The van der Waals surface area contributed by atoms with E-state index >= 15 is 0 Å². The maximum atomic E-state index is 5.98. The summed E-state index contributed by atoms with van der Waals surface area (Å²) in [5.74, 6) is 0.702. The van der Waals surface area contributed by atoms with Gasteiger partial charge in [0.2, 0.25) is 0 Å². The molecule has 0 radical (unpaired) electrons. The van der Waals surface area contributed by atoms with Crippen LogP contribution in [0.15, 0.2) is 30.7 Å². The lowest BCUT2D eigenvalue weighted by molar-refractivity contribution is 1.06. The Labute approximate surface area is 86.8 Å². The number of aryl methyl sites for hydroxylation is 1. The Kier molecular flexibility index (Phi) is 2.41. The van der Waals surface area contributed by atoms with Gasteiger partial charge in [-0.3, -0.25) is 4.98 Å². The first-order valence-corrected chi connectivity index (χ1v) is 4.55. The van der Waals surface area contributed by atoms with Gasteiger partial charge >= 0.3 is 0 Å². The van der Waals surface area contributed by atoms with Crippen LogP contribution >= 0.6 is 11.6 Å². The molecule has 4 heteroatoms. The van der Waals surface area contributed by atoms with Gasteiger partial charge in [-0.05, 0) is 19.1 Å². The van der Waals surface area contributed by atoms with E-state index in [1.807, 2.05) is 19.1 Å². The average Bonchev–Trinajstić information content (AvgIpc) is 2.23. The molecular formula is C10H8ClN3. The minimum Gasteiger partial charge on any atom is -0.264 e. The Hall–Kier alpha value is -1.48. The molecule has 2 aromatic heterocycles. The fraction of sp³-hybridized carbons (Fsp3) is 0.100. The van der Waals surface area contributed by atoms with Gasteiger partial charge in [0, 0.05) is 24.2 Å². The van der Waals surface area contributed by atoms with E-state index in [0.717, 1.165) is 11.3 Å². The van der Waals surface area contributed by atoms with Crippen molar-refractivity contribution in [2.45, 2.75) is 6.92 Å². The van der Waals surface area contributed by atoms with E-state index in [4.69, 9.17) is 11.6 Å². The number of hydrogen-bond donors (Lipinski definition) is 0. The van der Waals surface area contributed by atoms with Gasteiger partial charge < -0.3 is 0 Å². The smallest absolute Gasteiger partial charge is 0.125 e. The third-order valence-electron chi connectivity index (χ3n) is 1.80. The lowest BCUT2D eigenvalue weighted by atomic mass is 10.2. The van der Waals surface area contributed by atoms with E-state index < -0.39 is 0 Å². The third-order valence-corrected chi connectivity index (χ3v) is 2.08. The number of halogens is 1. The molecule has 3 nitrogen and oxygen atoms in total. The van der Waals surface area contributed by atoms with Crippen molar-refractivity contribution in [3.63, 3.8) is 0 Å². The SMILES string of the molecule is Cc1ncc(Cl)c(-c2cccnc2)n1. The minimum atomic E-state index is 0.545. The molecule has 0 aliphatic heterocycles. The van der Waals surface area contributed by atoms with Gasteiger partial charge in [0.05, 0.1) is 10.7 Å². The van der Waals surface area contributed by atoms with Gasteiger partial charge in [0.1, 0.15) is 5.82 Å². The van der Waals surface area contributed by atoms with Crippen LogP contribution < -0.4 is 0 Å². The molecule has 0 aliphatic rings. The Morgan fingerprint density at radius 1 is 1.29 bits per heavy atom. The molecule has 0 aromatic carbocycles. The molecule has 0 fully saturated rings. The molecular weight excluding hydrogens is 198 g/mol. The van der Waals surface area contributed by atoms with Crippen LogP contribution in [0.4, 0.5) is 0 Å². The van der Waals surface area contributed by atoms with Crippen LogP contribution in [0.1, 0.15) is 5.82 Å². The van der Waals surface area contributed by atoms with Crippen molar-refractivity contribution in [3.8, 4) is 11.3 Å². The van der Waals surface area contributed by atoms with E-state index in [0.29, 0.717) is 10.8 Å². The number of pyridine rings is 1. The summed E-state index contributed by atoms with van der Waals surface area (Å²) in [5, 5.41) is 0.545. The van der Waals surface area contributed by atoms with Gasteiger partial charge in [-0.1, -0.05) is 11.6 Å². The molecule has 0 saturated carbocycles. The standard InChI is InChI=1S/C10H8ClN3/c1-7-13-6-9(11)10(14-7)8-3-2-4-12-5-8/h2-6H,1H3. The normalized spacial score (nSPS) is 10.1. The minimum absolute atomic E-state index is 0.545. The molecule has 0 amide bonds. The van der Waals surface area contributed by atoms with E-state index in [-0.39, 0.29) is 0 Å². The number of aromatic nitrogens is 3. The monoisotopic (exact) mass is 205 g/mol. The largest absolute Gasteiger partial charge is 0.264 e.